The van der Waals surface area contributed by atoms with E-state index in [2.05, 4.69) is 24.2 Å². The minimum atomic E-state index is -0.811. The number of nitrogens with one attached hydrogen (secondary N) is 1. The molecule has 2 aliphatic rings. The number of carboxylic acids is 1. The van der Waals surface area contributed by atoms with Gasteiger partial charge in [-0.1, -0.05) is 6.92 Å². The monoisotopic (exact) mass is 283 g/mol. The normalized spacial score (nSPS) is 27.7. The van der Waals surface area contributed by atoms with Gasteiger partial charge >= 0.3 is 12.0 Å². The Balaban J connectivity index is 1.76. The van der Waals surface area contributed by atoms with Crippen LogP contribution in [0.1, 0.15) is 26.7 Å². The molecular weight excluding hydrogens is 258 g/mol. The molecule has 2 amide bonds. The highest BCUT2D eigenvalue weighted by atomic mass is 16.4. The molecule has 114 valence electrons. The Morgan fingerprint density at radius 2 is 2.05 bits per heavy atom. The molecule has 20 heavy (non-hydrogen) atoms. The molecule has 6 heteroatoms. The van der Waals surface area contributed by atoms with Gasteiger partial charge in [0.25, 0.3) is 0 Å². The molecule has 2 N–H and O–H groups in total. The predicted molar refractivity (Wildman–Crippen MR) is 75.5 cm³/mol. The maximum absolute atomic E-state index is 12.1. The second kappa shape index (κ2) is 5.99. The Morgan fingerprint density at radius 1 is 1.40 bits per heavy atom. The van der Waals surface area contributed by atoms with E-state index in [9.17, 15) is 9.59 Å². The third kappa shape index (κ3) is 3.42. The predicted octanol–water partition coefficient (Wildman–Crippen LogP) is 0.831. The number of amides is 2. The van der Waals surface area contributed by atoms with Crippen LogP contribution in [0.5, 0.6) is 0 Å². The number of hydrogen-bond donors (Lipinski definition) is 2. The number of likely N-dealkylation sites (N-methyl/N-ethyl adjacent to an activating group) is 1. The van der Waals surface area contributed by atoms with Crippen LogP contribution >= 0.6 is 0 Å². The Kier molecular flexibility index (Phi) is 4.52. The molecule has 1 unspecified atom stereocenters. The van der Waals surface area contributed by atoms with Crippen LogP contribution in [0.4, 0.5) is 4.79 Å². The van der Waals surface area contributed by atoms with E-state index in [0.29, 0.717) is 31.7 Å². The summed E-state index contributed by atoms with van der Waals surface area (Å²) in [5.74, 6) is -1.23. The van der Waals surface area contributed by atoms with E-state index in [-0.39, 0.29) is 11.9 Å². The average molecular weight is 283 g/mol. The summed E-state index contributed by atoms with van der Waals surface area (Å²) < 4.78 is 0. The van der Waals surface area contributed by atoms with E-state index in [0.717, 1.165) is 0 Å². The Hall–Kier alpha value is -1.30. The number of carbonyl (C=O) groups excluding carboxylic acids is 1. The first kappa shape index (κ1) is 15.1. The van der Waals surface area contributed by atoms with Gasteiger partial charge in [-0.2, -0.15) is 0 Å². The summed E-state index contributed by atoms with van der Waals surface area (Å²) in [4.78, 5) is 27.0. The summed E-state index contributed by atoms with van der Waals surface area (Å²) in [5, 5.41) is 12.0. The second-order valence-corrected chi connectivity index (χ2v) is 6.26. The van der Waals surface area contributed by atoms with Crippen LogP contribution in [0.3, 0.4) is 0 Å². The van der Waals surface area contributed by atoms with Gasteiger partial charge in [-0.3, -0.25) is 9.69 Å². The smallest absolute Gasteiger partial charge is 0.317 e. The summed E-state index contributed by atoms with van der Waals surface area (Å²) in [6, 6.07) is 0.837. The molecule has 0 aromatic rings. The van der Waals surface area contributed by atoms with Crippen molar-refractivity contribution in [3.63, 3.8) is 0 Å². The number of aliphatic carboxylic acids is 1. The zero-order valence-corrected chi connectivity index (χ0v) is 12.5. The van der Waals surface area contributed by atoms with Crippen molar-refractivity contribution in [1.29, 1.82) is 0 Å². The van der Waals surface area contributed by atoms with E-state index in [4.69, 9.17) is 5.11 Å². The van der Waals surface area contributed by atoms with Gasteiger partial charge in [0.2, 0.25) is 0 Å². The van der Waals surface area contributed by atoms with Crippen LogP contribution in [0, 0.1) is 11.8 Å². The van der Waals surface area contributed by atoms with Crippen molar-refractivity contribution in [3.8, 4) is 0 Å². The first-order chi connectivity index (χ1) is 9.40. The van der Waals surface area contributed by atoms with Crippen molar-refractivity contribution < 1.29 is 14.7 Å². The molecule has 1 saturated carbocycles. The third-order valence-corrected chi connectivity index (χ3v) is 4.58. The van der Waals surface area contributed by atoms with Crippen LogP contribution < -0.4 is 5.32 Å². The number of likely N-dealkylation sites (tertiary alicyclic amines) is 1. The van der Waals surface area contributed by atoms with Crippen LogP contribution in [0.25, 0.3) is 0 Å². The fourth-order valence-electron chi connectivity index (χ4n) is 2.79. The third-order valence-electron chi connectivity index (χ3n) is 4.58. The van der Waals surface area contributed by atoms with Crippen LogP contribution in [-0.2, 0) is 4.79 Å². The number of urea groups is 1. The molecule has 0 bridgehead atoms. The van der Waals surface area contributed by atoms with Crippen molar-refractivity contribution in [2.45, 2.75) is 38.8 Å². The van der Waals surface area contributed by atoms with E-state index < -0.39 is 11.9 Å². The largest absolute Gasteiger partial charge is 0.481 e. The van der Waals surface area contributed by atoms with Gasteiger partial charge in [0.1, 0.15) is 0 Å². The number of carboxylic acid groups (broad SMARTS) is 1. The minimum absolute atomic E-state index is 0.0183. The molecule has 1 heterocycles. The van der Waals surface area contributed by atoms with E-state index in [1.807, 2.05) is 6.92 Å². The van der Waals surface area contributed by atoms with Crippen LogP contribution in [0.15, 0.2) is 0 Å². The van der Waals surface area contributed by atoms with Crippen molar-refractivity contribution >= 4 is 12.0 Å². The molecule has 0 spiro atoms. The van der Waals surface area contributed by atoms with Gasteiger partial charge in [-0.25, -0.2) is 4.79 Å². The summed E-state index contributed by atoms with van der Waals surface area (Å²) in [6.07, 6.45) is 2.50. The molecule has 1 saturated heterocycles. The quantitative estimate of drug-likeness (QED) is 0.784. The van der Waals surface area contributed by atoms with Gasteiger partial charge in [0, 0.05) is 31.7 Å². The first-order valence-electron chi connectivity index (χ1n) is 7.37. The zero-order valence-electron chi connectivity index (χ0n) is 12.5. The van der Waals surface area contributed by atoms with Gasteiger partial charge in [-0.05, 0) is 32.7 Å². The number of carbonyl (C=O) groups is 2. The lowest BCUT2D eigenvalue weighted by atomic mass is 9.99. The molecular formula is C14H25N3O3. The number of nitrogens with zero attached hydrogens (tertiary/aromatic N) is 2. The molecule has 0 aromatic heterocycles. The first-order valence-corrected chi connectivity index (χ1v) is 7.37. The van der Waals surface area contributed by atoms with E-state index in [1.165, 1.54) is 12.8 Å². The van der Waals surface area contributed by atoms with Crippen molar-refractivity contribution in [1.82, 2.24) is 15.1 Å². The summed E-state index contributed by atoms with van der Waals surface area (Å²) in [7, 11) is 2.09. The highest BCUT2D eigenvalue weighted by Gasteiger charge is 2.37. The second-order valence-electron chi connectivity index (χ2n) is 6.26. The lowest BCUT2D eigenvalue weighted by Gasteiger charge is -2.26. The summed E-state index contributed by atoms with van der Waals surface area (Å²) >= 11 is 0. The van der Waals surface area contributed by atoms with Crippen LogP contribution in [0.2, 0.25) is 0 Å². The van der Waals surface area contributed by atoms with E-state index in [1.54, 1.807) is 4.90 Å². The van der Waals surface area contributed by atoms with Gasteiger partial charge in [0.15, 0.2) is 0 Å². The molecule has 0 aromatic carbocycles. The van der Waals surface area contributed by atoms with Crippen LogP contribution in [-0.4, -0.2) is 65.7 Å². The molecule has 2 rings (SSSR count). The highest BCUT2D eigenvalue weighted by molar-refractivity contribution is 5.77. The molecule has 3 atom stereocenters. The van der Waals surface area contributed by atoms with E-state index >= 15 is 0 Å². The van der Waals surface area contributed by atoms with Gasteiger partial charge in [0.05, 0.1) is 5.92 Å². The van der Waals surface area contributed by atoms with Crippen molar-refractivity contribution in [2.75, 3.05) is 26.7 Å². The average Bonchev–Trinajstić information content (AvgIpc) is 3.17. The lowest BCUT2D eigenvalue weighted by Crippen LogP contribution is -2.45. The molecule has 1 aliphatic carbocycles. The topological polar surface area (TPSA) is 72.9 Å². The number of hydrogen-bond acceptors (Lipinski definition) is 3. The fourth-order valence-corrected chi connectivity index (χ4v) is 2.79. The molecule has 6 nitrogen and oxygen atoms in total. The highest BCUT2D eigenvalue weighted by Crippen LogP contribution is 2.27. The maximum Gasteiger partial charge on any atom is 0.317 e. The molecule has 2 fully saturated rings. The van der Waals surface area contributed by atoms with Gasteiger partial charge in [-0.15, -0.1) is 0 Å². The van der Waals surface area contributed by atoms with Crippen molar-refractivity contribution in [2.24, 2.45) is 11.8 Å². The molecule has 0 radical (unpaired) electrons. The Morgan fingerprint density at radius 3 is 2.55 bits per heavy atom. The number of rotatable bonds is 5. The summed E-state index contributed by atoms with van der Waals surface area (Å²) in [6.45, 7) is 5.43. The zero-order chi connectivity index (χ0) is 14.9. The Labute approximate surface area is 120 Å². The van der Waals surface area contributed by atoms with Gasteiger partial charge < -0.3 is 15.3 Å². The summed E-state index contributed by atoms with van der Waals surface area (Å²) in [5.41, 5.74) is 0. The Bertz CT molecular complexity index is 384. The fraction of sp³-hybridized carbons (Fsp3) is 0.857. The minimum Gasteiger partial charge on any atom is -0.481 e. The standard InChI is InChI=1S/C14H25N3O3/c1-9-7-17(8-12(9)13(18)19)14(20)15-6-10(2)16(3)11-4-5-11/h9-12H,4-8H2,1-3H3,(H,15,20)(H,18,19)/t9-,10?,12-/m1/s1. The maximum atomic E-state index is 12.1. The van der Waals surface area contributed by atoms with Crippen molar-refractivity contribution in [3.05, 3.63) is 0 Å². The molecule has 1 aliphatic heterocycles. The SMILES string of the molecule is CC(CNC(=O)N1C[C@@H](C)[C@H](C(=O)O)C1)N(C)C1CC1. The lowest BCUT2D eigenvalue weighted by molar-refractivity contribution is -0.142.